The predicted octanol–water partition coefficient (Wildman–Crippen LogP) is 3.13. The molecule has 0 aromatic heterocycles. The summed E-state index contributed by atoms with van der Waals surface area (Å²) in [6.07, 6.45) is 12.6. The Morgan fingerprint density at radius 1 is 0.950 bits per heavy atom. The third kappa shape index (κ3) is 2.43. The molecule has 0 aliphatic heterocycles. The first-order valence-electron chi connectivity index (χ1n) is 8.45. The maximum atomic E-state index is 12.1. The number of carbonyl (C=O) groups excluding carboxylic acids is 1. The Morgan fingerprint density at radius 3 is 2.05 bits per heavy atom. The average molecular weight is 278 g/mol. The van der Waals surface area contributed by atoms with Gasteiger partial charge in [-0.05, 0) is 69.1 Å². The van der Waals surface area contributed by atoms with E-state index in [0.717, 1.165) is 30.6 Å². The van der Waals surface area contributed by atoms with Crippen LogP contribution in [-0.4, -0.2) is 17.7 Å². The minimum absolute atomic E-state index is 0.0812. The third-order valence-electron chi connectivity index (χ3n) is 6.04. The van der Waals surface area contributed by atoms with Crippen LogP contribution in [0.5, 0.6) is 0 Å². The highest BCUT2D eigenvalue weighted by molar-refractivity contribution is 5.73. The first kappa shape index (κ1) is 12.9. The second kappa shape index (κ2) is 4.90. The lowest BCUT2D eigenvalue weighted by molar-refractivity contribution is -0.0276. The summed E-state index contributed by atoms with van der Waals surface area (Å²) in [5, 5.41) is 3.27. The lowest BCUT2D eigenvalue weighted by atomic mass is 9.53. The number of urea groups is 1. The summed E-state index contributed by atoms with van der Waals surface area (Å²) in [5.74, 6) is 2.58. The van der Waals surface area contributed by atoms with Crippen LogP contribution < -0.4 is 10.8 Å². The molecular formula is C16H26N2O2. The predicted molar refractivity (Wildman–Crippen MR) is 75.9 cm³/mol. The van der Waals surface area contributed by atoms with Crippen molar-refractivity contribution in [3.8, 4) is 0 Å². The van der Waals surface area contributed by atoms with Gasteiger partial charge in [-0.25, -0.2) is 10.3 Å². The van der Waals surface area contributed by atoms with Crippen LogP contribution in [0.2, 0.25) is 0 Å². The van der Waals surface area contributed by atoms with Crippen LogP contribution in [-0.2, 0) is 4.84 Å². The van der Waals surface area contributed by atoms with Gasteiger partial charge < -0.3 is 5.32 Å². The molecule has 112 valence electrons. The van der Waals surface area contributed by atoms with E-state index in [1.807, 2.05) is 0 Å². The number of carbonyl (C=O) groups is 1. The smallest absolute Gasteiger partial charge is 0.331 e. The Morgan fingerprint density at radius 2 is 1.50 bits per heavy atom. The van der Waals surface area contributed by atoms with E-state index in [1.54, 1.807) is 0 Å². The van der Waals surface area contributed by atoms with E-state index < -0.39 is 0 Å². The molecular weight excluding hydrogens is 252 g/mol. The minimum Gasteiger partial charge on any atom is -0.331 e. The minimum atomic E-state index is -0.112. The van der Waals surface area contributed by atoms with Crippen molar-refractivity contribution in [2.24, 2.45) is 17.8 Å². The summed E-state index contributed by atoms with van der Waals surface area (Å²) in [7, 11) is 0. The molecule has 2 amide bonds. The van der Waals surface area contributed by atoms with Crippen molar-refractivity contribution < 1.29 is 9.63 Å². The van der Waals surface area contributed by atoms with Gasteiger partial charge in [0.2, 0.25) is 0 Å². The molecule has 2 N–H and O–H groups in total. The van der Waals surface area contributed by atoms with Crippen molar-refractivity contribution in [2.75, 3.05) is 0 Å². The highest BCUT2D eigenvalue weighted by Gasteiger charge is 2.51. The lowest BCUT2D eigenvalue weighted by Gasteiger charge is -2.56. The van der Waals surface area contributed by atoms with Gasteiger partial charge in [0.15, 0.2) is 0 Å². The van der Waals surface area contributed by atoms with Gasteiger partial charge in [-0.3, -0.25) is 4.84 Å². The Bertz CT molecular complexity index is 355. The second-order valence-corrected chi connectivity index (χ2v) is 7.78. The number of hydrogen-bond donors (Lipinski definition) is 2. The van der Waals surface area contributed by atoms with Crippen LogP contribution in [0.3, 0.4) is 0 Å². The normalized spacial score (nSPS) is 42.9. The van der Waals surface area contributed by atoms with Crippen molar-refractivity contribution >= 4 is 6.03 Å². The largest absolute Gasteiger partial charge is 0.339 e. The van der Waals surface area contributed by atoms with Crippen LogP contribution >= 0.6 is 0 Å². The molecule has 4 bridgehead atoms. The van der Waals surface area contributed by atoms with Gasteiger partial charge in [-0.15, -0.1) is 0 Å². The Hall–Kier alpha value is -0.770. The zero-order chi connectivity index (χ0) is 13.6. The molecule has 4 nitrogen and oxygen atoms in total. The van der Waals surface area contributed by atoms with E-state index >= 15 is 0 Å². The molecule has 0 unspecified atom stereocenters. The van der Waals surface area contributed by atoms with Gasteiger partial charge >= 0.3 is 6.03 Å². The summed E-state index contributed by atoms with van der Waals surface area (Å²) in [6, 6.07) is -0.112. The first-order chi connectivity index (χ1) is 9.71. The van der Waals surface area contributed by atoms with Gasteiger partial charge in [0.25, 0.3) is 0 Å². The van der Waals surface area contributed by atoms with Gasteiger partial charge in [-0.2, -0.15) is 0 Å². The topological polar surface area (TPSA) is 50.4 Å². The van der Waals surface area contributed by atoms with Crippen molar-refractivity contribution in [2.45, 2.75) is 75.9 Å². The molecule has 0 aromatic carbocycles. The number of rotatable bonds is 3. The number of amides is 2. The van der Waals surface area contributed by atoms with Crippen LogP contribution in [0.25, 0.3) is 0 Å². The fraction of sp³-hybridized carbons (Fsp3) is 0.938. The van der Waals surface area contributed by atoms with E-state index in [1.165, 1.54) is 51.4 Å². The number of nitrogens with one attached hydrogen (secondary N) is 2. The molecule has 5 aliphatic carbocycles. The van der Waals surface area contributed by atoms with Crippen molar-refractivity contribution in [1.82, 2.24) is 10.8 Å². The Kier molecular flexibility index (Phi) is 3.17. The standard InChI is InChI=1S/C16H26N2O2/c19-15(18-20-14-3-1-2-4-14)17-16-8-11-5-12(9-16)7-13(6-11)10-16/h11-14H,1-10H2,(H2,17,18,19). The van der Waals surface area contributed by atoms with Crippen LogP contribution in [0.1, 0.15) is 64.2 Å². The SMILES string of the molecule is O=C(NOC1CCCC1)NC12CC3CC(CC(C3)C1)C2. The fourth-order valence-electron chi connectivity index (χ4n) is 5.67. The van der Waals surface area contributed by atoms with Crippen LogP contribution in [0.15, 0.2) is 0 Å². The molecule has 5 fully saturated rings. The van der Waals surface area contributed by atoms with E-state index in [-0.39, 0.29) is 17.7 Å². The molecule has 4 heteroatoms. The summed E-state index contributed by atoms with van der Waals surface area (Å²) in [5.41, 5.74) is 2.73. The Labute approximate surface area is 121 Å². The molecule has 5 aliphatic rings. The van der Waals surface area contributed by atoms with Gasteiger partial charge in [0.1, 0.15) is 0 Å². The zero-order valence-electron chi connectivity index (χ0n) is 12.2. The summed E-state index contributed by atoms with van der Waals surface area (Å²) in [4.78, 5) is 17.7. The molecule has 0 atom stereocenters. The fourth-order valence-corrected chi connectivity index (χ4v) is 5.67. The maximum Gasteiger partial charge on any atom is 0.339 e. The number of hydroxylamine groups is 1. The van der Waals surface area contributed by atoms with Gasteiger partial charge in [0.05, 0.1) is 6.10 Å². The molecule has 0 saturated heterocycles. The molecule has 0 radical (unpaired) electrons. The number of hydrogen-bond acceptors (Lipinski definition) is 2. The molecule has 5 saturated carbocycles. The van der Waals surface area contributed by atoms with E-state index in [2.05, 4.69) is 10.8 Å². The molecule has 20 heavy (non-hydrogen) atoms. The molecule has 0 spiro atoms. The summed E-state index contributed by atoms with van der Waals surface area (Å²) in [6.45, 7) is 0. The third-order valence-corrected chi connectivity index (χ3v) is 6.04. The van der Waals surface area contributed by atoms with Crippen molar-refractivity contribution in [3.63, 3.8) is 0 Å². The molecule has 0 aromatic rings. The second-order valence-electron chi connectivity index (χ2n) is 7.78. The Balaban J connectivity index is 1.32. The first-order valence-corrected chi connectivity index (χ1v) is 8.45. The highest BCUT2D eigenvalue weighted by atomic mass is 16.7. The summed E-state index contributed by atoms with van der Waals surface area (Å²) >= 11 is 0. The highest BCUT2D eigenvalue weighted by Crippen LogP contribution is 2.55. The molecule has 0 heterocycles. The van der Waals surface area contributed by atoms with Gasteiger partial charge in [-0.1, -0.05) is 12.8 Å². The molecule has 5 rings (SSSR count). The van der Waals surface area contributed by atoms with E-state index in [9.17, 15) is 4.79 Å². The maximum absolute atomic E-state index is 12.1. The van der Waals surface area contributed by atoms with E-state index in [0.29, 0.717) is 0 Å². The van der Waals surface area contributed by atoms with Crippen LogP contribution in [0.4, 0.5) is 4.79 Å². The monoisotopic (exact) mass is 278 g/mol. The quantitative estimate of drug-likeness (QED) is 0.779. The van der Waals surface area contributed by atoms with Gasteiger partial charge in [0, 0.05) is 5.54 Å². The average Bonchev–Trinajstić information content (AvgIpc) is 2.87. The van der Waals surface area contributed by atoms with Crippen molar-refractivity contribution in [1.29, 1.82) is 0 Å². The van der Waals surface area contributed by atoms with Crippen molar-refractivity contribution in [3.05, 3.63) is 0 Å². The van der Waals surface area contributed by atoms with Crippen LogP contribution in [0, 0.1) is 17.8 Å². The summed E-state index contributed by atoms with van der Waals surface area (Å²) < 4.78 is 0. The zero-order valence-corrected chi connectivity index (χ0v) is 12.2. The lowest BCUT2D eigenvalue weighted by Crippen LogP contribution is -2.61. The van der Waals surface area contributed by atoms with E-state index in [4.69, 9.17) is 4.84 Å².